The van der Waals surface area contributed by atoms with E-state index in [4.69, 9.17) is 0 Å². The van der Waals surface area contributed by atoms with Gasteiger partial charge >= 0.3 is 6.18 Å². The van der Waals surface area contributed by atoms with E-state index in [0.29, 0.717) is 12.1 Å². The van der Waals surface area contributed by atoms with Crippen molar-refractivity contribution in [2.45, 2.75) is 31.5 Å². The van der Waals surface area contributed by atoms with E-state index in [0.717, 1.165) is 6.92 Å². The number of hydrogen-bond acceptors (Lipinski definition) is 2. The van der Waals surface area contributed by atoms with Crippen LogP contribution in [0.15, 0.2) is 12.1 Å². The summed E-state index contributed by atoms with van der Waals surface area (Å²) >= 11 is 0. The van der Waals surface area contributed by atoms with Crippen molar-refractivity contribution < 1.29 is 31.9 Å². The second-order valence-corrected chi connectivity index (χ2v) is 5.02. The van der Waals surface area contributed by atoms with Gasteiger partial charge in [0, 0.05) is 23.1 Å². The molecule has 1 aliphatic carbocycles. The fraction of sp³-hybridized carbons (Fsp3) is 0.462. The summed E-state index contributed by atoms with van der Waals surface area (Å²) in [5, 5.41) is 9.82. The number of fused-ring (bicyclic) bond motifs is 1. The van der Waals surface area contributed by atoms with Gasteiger partial charge < -0.3 is 5.11 Å². The summed E-state index contributed by atoms with van der Waals surface area (Å²) in [6.45, 7) is 2.27. The van der Waals surface area contributed by atoms with Crippen LogP contribution < -0.4 is 0 Å². The summed E-state index contributed by atoms with van der Waals surface area (Å²) in [6, 6.07) is 1.03. The van der Waals surface area contributed by atoms with Gasteiger partial charge in [0.2, 0.25) is 11.4 Å². The van der Waals surface area contributed by atoms with Crippen molar-refractivity contribution in [3.63, 3.8) is 0 Å². The molecule has 0 spiro atoms. The Kier molecular flexibility index (Phi) is 3.16. The third kappa shape index (κ3) is 1.76. The lowest BCUT2D eigenvalue weighted by atomic mass is 9.66. The molecule has 3 unspecified atom stereocenters. The fourth-order valence-electron chi connectivity index (χ4n) is 2.65. The number of carbonyl (C=O) groups excluding carboxylic acids is 1. The van der Waals surface area contributed by atoms with Crippen LogP contribution in [0.2, 0.25) is 0 Å². The standard InChI is InChI=1S/C13H11F5O2/c1-5-6(2)12(20,13(16,17)18)11(19)8-3-7(14)4-9(15)10(5)8/h3-6,20H,1-2H3. The predicted molar refractivity (Wildman–Crippen MR) is 59.3 cm³/mol. The molecule has 0 aliphatic heterocycles. The molecule has 1 aromatic carbocycles. The molecule has 1 aliphatic rings. The first-order valence-corrected chi connectivity index (χ1v) is 5.84. The monoisotopic (exact) mass is 294 g/mol. The van der Waals surface area contributed by atoms with Gasteiger partial charge in [-0.1, -0.05) is 13.8 Å². The Bertz CT molecular complexity index is 581. The molecule has 0 fully saturated rings. The van der Waals surface area contributed by atoms with Gasteiger partial charge in [-0.2, -0.15) is 13.2 Å². The van der Waals surface area contributed by atoms with Crippen molar-refractivity contribution in [1.29, 1.82) is 0 Å². The third-order valence-corrected chi connectivity index (χ3v) is 3.98. The van der Waals surface area contributed by atoms with Crippen molar-refractivity contribution in [2.24, 2.45) is 5.92 Å². The zero-order valence-electron chi connectivity index (χ0n) is 10.6. The van der Waals surface area contributed by atoms with Crippen molar-refractivity contribution in [3.05, 3.63) is 34.9 Å². The molecule has 0 amide bonds. The molecule has 20 heavy (non-hydrogen) atoms. The van der Waals surface area contributed by atoms with E-state index in [9.17, 15) is 31.9 Å². The third-order valence-electron chi connectivity index (χ3n) is 3.98. The maximum atomic E-state index is 13.7. The number of alkyl halides is 3. The summed E-state index contributed by atoms with van der Waals surface area (Å²) in [6.07, 6.45) is -5.22. The molecular formula is C13H11F5O2. The summed E-state index contributed by atoms with van der Waals surface area (Å²) in [4.78, 5) is 11.9. The van der Waals surface area contributed by atoms with Gasteiger partial charge in [0.05, 0.1) is 0 Å². The largest absolute Gasteiger partial charge is 0.425 e. The number of hydrogen-bond donors (Lipinski definition) is 1. The Hall–Kier alpha value is -1.50. The maximum Gasteiger partial charge on any atom is 0.425 e. The molecule has 1 aromatic rings. The Balaban J connectivity index is 2.76. The summed E-state index contributed by atoms with van der Waals surface area (Å²) in [5.74, 6) is -6.64. The summed E-state index contributed by atoms with van der Waals surface area (Å²) in [5.41, 5.74) is -4.69. The quantitative estimate of drug-likeness (QED) is 0.746. The van der Waals surface area contributed by atoms with Crippen molar-refractivity contribution in [1.82, 2.24) is 0 Å². The van der Waals surface area contributed by atoms with Gasteiger partial charge in [-0.25, -0.2) is 8.78 Å². The minimum atomic E-state index is -5.22. The number of Topliss-reactive ketones (excluding diaryl/α,β-unsaturated/α-hetero) is 1. The molecule has 1 N–H and O–H groups in total. The molecule has 0 radical (unpaired) electrons. The number of benzene rings is 1. The molecule has 2 rings (SSSR count). The van der Waals surface area contributed by atoms with E-state index in [1.54, 1.807) is 0 Å². The highest BCUT2D eigenvalue weighted by Crippen LogP contribution is 2.49. The smallest absolute Gasteiger partial charge is 0.374 e. The fourth-order valence-corrected chi connectivity index (χ4v) is 2.65. The first-order valence-electron chi connectivity index (χ1n) is 5.84. The maximum absolute atomic E-state index is 13.7. The highest BCUT2D eigenvalue weighted by molar-refractivity contribution is 6.05. The Morgan fingerprint density at radius 3 is 2.25 bits per heavy atom. The Morgan fingerprint density at radius 1 is 1.20 bits per heavy atom. The van der Waals surface area contributed by atoms with Crippen molar-refractivity contribution >= 4 is 5.78 Å². The molecule has 0 saturated carbocycles. The second kappa shape index (κ2) is 4.25. The van der Waals surface area contributed by atoms with E-state index < -0.39 is 46.6 Å². The van der Waals surface area contributed by atoms with Crippen LogP contribution in [0.1, 0.15) is 35.7 Å². The number of carbonyl (C=O) groups is 1. The van der Waals surface area contributed by atoms with E-state index in [1.165, 1.54) is 6.92 Å². The highest BCUT2D eigenvalue weighted by atomic mass is 19.4. The number of aliphatic hydroxyl groups is 1. The lowest BCUT2D eigenvalue weighted by Gasteiger charge is -2.42. The first kappa shape index (κ1) is 14.9. The molecule has 0 bridgehead atoms. The van der Waals surface area contributed by atoms with E-state index >= 15 is 0 Å². The van der Waals surface area contributed by atoms with Crippen LogP contribution in [-0.2, 0) is 0 Å². The molecule has 7 heteroatoms. The lowest BCUT2D eigenvalue weighted by Crippen LogP contribution is -2.60. The van der Waals surface area contributed by atoms with Crippen LogP contribution >= 0.6 is 0 Å². The van der Waals surface area contributed by atoms with Crippen molar-refractivity contribution in [3.8, 4) is 0 Å². The van der Waals surface area contributed by atoms with Gasteiger partial charge in [-0.15, -0.1) is 0 Å². The van der Waals surface area contributed by atoms with Gasteiger partial charge in [-0.05, 0) is 12.0 Å². The SMILES string of the molecule is CC1c2c(F)cc(F)cc2C(=O)C(O)(C(F)(F)F)C1C. The molecular weight excluding hydrogens is 283 g/mol. The van der Waals surface area contributed by atoms with Crippen LogP contribution in [-0.4, -0.2) is 22.7 Å². The van der Waals surface area contributed by atoms with Gasteiger partial charge in [-0.3, -0.25) is 4.79 Å². The molecule has 0 saturated heterocycles. The zero-order chi connectivity index (χ0) is 15.5. The van der Waals surface area contributed by atoms with Gasteiger partial charge in [0.1, 0.15) is 11.6 Å². The normalized spacial score (nSPS) is 30.3. The van der Waals surface area contributed by atoms with E-state index in [2.05, 4.69) is 0 Å². The van der Waals surface area contributed by atoms with Crippen LogP contribution in [0.25, 0.3) is 0 Å². The number of ketones is 1. The molecule has 3 atom stereocenters. The average molecular weight is 294 g/mol. The minimum absolute atomic E-state index is 0.294. The predicted octanol–water partition coefficient (Wildman–Crippen LogP) is 3.19. The number of halogens is 5. The Morgan fingerprint density at radius 2 is 1.75 bits per heavy atom. The number of rotatable bonds is 0. The van der Waals surface area contributed by atoms with E-state index in [1.807, 2.05) is 0 Å². The van der Waals surface area contributed by atoms with Crippen LogP contribution in [0, 0.1) is 17.6 Å². The topological polar surface area (TPSA) is 37.3 Å². The average Bonchev–Trinajstić information content (AvgIpc) is 2.31. The highest BCUT2D eigenvalue weighted by Gasteiger charge is 2.66. The van der Waals surface area contributed by atoms with E-state index in [-0.39, 0.29) is 5.56 Å². The molecule has 110 valence electrons. The van der Waals surface area contributed by atoms with Crippen LogP contribution in [0.4, 0.5) is 22.0 Å². The van der Waals surface area contributed by atoms with Gasteiger partial charge in [0.15, 0.2) is 0 Å². The summed E-state index contributed by atoms with van der Waals surface area (Å²) < 4.78 is 66.0. The minimum Gasteiger partial charge on any atom is -0.374 e. The van der Waals surface area contributed by atoms with Crippen LogP contribution in [0.3, 0.4) is 0 Å². The zero-order valence-corrected chi connectivity index (χ0v) is 10.6. The van der Waals surface area contributed by atoms with Crippen molar-refractivity contribution in [2.75, 3.05) is 0 Å². The lowest BCUT2D eigenvalue weighted by molar-refractivity contribution is -0.256. The van der Waals surface area contributed by atoms with Gasteiger partial charge in [0.25, 0.3) is 0 Å². The molecule has 0 aromatic heterocycles. The Labute approximate surface area is 111 Å². The first-order chi connectivity index (χ1) is 9.01. The summed E-state index contributed by atoms with van der Waals surface area (Å²) in [7, 11) is 0. The molecule has 0 heterocycles. The van der Waals surface area contributed by atoms with Crippen LogP contribution in [0.5, 0.6) is 0 Å². The second-order valence-electron chi connectivity index (χ2n) is 5.02. The molecule has 2 nitrogen and oxygen atoms in total.